The average molecular weight is 165 g/mol. The smallest absolute Gasteiger partial charge is 0.129 e. The van der Waals surface area contributed by atoms with Crippen LogP contribution in [0.4, 0.5) is 0 Å². The summed E-state index contributed by atoms with van der Waals surface area (Å²) in [5.41, 5.74) is 0.554. The monoisotopic (exact) mass is 165 g/mol. The zero-order valence-electron chi connectivity index (χ0n) is 6.90. The van der Waals surface area contributed by atoms with Gasteiger partial charge in [-0.1, -0.05) is 23.4 Å². The highest BCUT2D eigenvalue weighted by Crippen LogP contribution is 2.07. The van der Waals surface area contributed by atoms with E-state index in [1.54, 1.807) is 6.92 Å². The van der Waals surface area contributed by atoms with Crippen LogP contribution in [0.15, 0.2) is 35.5 Å². The van der Waals surface area contributed by atoms with E-state index >= 15 is 0 Å². The van der Waals surface area contributed by atoms with Gasteiger partial charge < -0.3 is 9.94 Å². The zero-order valence-corrected chi connectivity index (χ0v) is 6.90. The third-order valence-electron chi connectivity index (χ3n) is 1.36. The highest BCUT2D eigenvalue weighted by molar-refractivity contribution is 5.82. The lowest BCUT2D eigenvalue weighted by Gasteiger charge is -2.03. The van der Waals surface area contributed by atoms with Crippen molar-refractivity contribution in [2.75, 3.05) is 6.61 Å². The Labute approximate surface area is 71.3 Å². The fourth-order valence-corrected chi connectivity index (χ4v) is 0.733. The highest BCUT2D eigenvalue weighted by atomic mass is 16.5. The molecule has 0 bridgehead atoms. The molecule has 64 valence electrons. The number of para-hydroxylation sites is 1. The fraction of sp³-hybridized carbons (Fsp3) is 0.222. The van der Waals surface area contributed by atoms with E-state index in [1.165, 1.54) is 0 Å². The Bertz CT molecular complexity index is 256. The maximum Gasteiger partial charge on any atom is 0.129 e. The van der Waals surface area contributed by atoms with Gasteiger partial charge in [-0.05, 0) is 19.1 Å². The molecule has 0 unspecified atom stereocenters. The van der Waals surface area contributed by atoms with E-state index in [0.717, 1.165) is 5.75 Å². The van der Waals surface area contributed by atoms with Crippen molar-refractivity contribution in [3.63, 3.8) is 0 Å². The van der Waals surface area contributed by atoms with Crippen molar-refractivity contribution in [3.8, 4) is 5.75 Å². The third kappa shape index (κ3) is 2.62. The molecule has 0 spiro atoms. The third-order valence-corrected chi connectivity index (χ3v) is 1.36. The molecule has 12 heavy (non-hydrogen) atoms. The van der Waals surface area contributed by atoms with Crippen molar-refractivity contribution in [1.29, 1.82) is 0 Å². The number of ether oxygens (including phenoxy) is 1. The topological polar surface area (TPSA) is 41.8 Å². The summed E-state index contributed by atoms with van der Waals surface area (Å²) in [5, 5.41) is 11.3. The van der Waals surface area contributed by atoms with Crippen LogP contribution in [0, 0.1) is 0 Å². The van der Waals surface area contributed by atoms with Crippen LogP contribution in [0.2, 0.25) is 0 Å². The lowest BCUT2D eigenvalue weighted by molar-refractivity contribution is 0.307. The van der Waals surface area contributed by atoms with Gasteiger partial charge in [0.15, 0.2) is 0 Å². The molecule has 0 aromatic heterocycles. The minimum atomic E-state index is 0.320. The molecular weight excluding hydrogens is 154 g/mol. The molecule has 0 aliphatic rings. The maximum atomic E-state index is 8.32. The number of oxime groups is 1. The maximum absolute atomic E-state index is 8.32. The minimum absolute atomic E-state index is 0.320. The molecule has 3 nitrogen and oxygen atoms in total. The molecule has 1 rings (SSSR count). The zero-order chi connectivity index (χ0) is 8.81. The normalized spacial score (nSPS) is 11.2. The van der Waals surface area contributed by atoms with Crippen LogP contribution in [0.25, 0.3) is 0 Å². The summed E-state index contributed by atoms with van der Waals surface area (Å²) in [6, 6.07) is 9.40. The molecular formula is C9H11NO2. The molecule has 0 heterocycles. The Balaban J connectivity index is 2.44. The van der Waals surface area contributed by atoms with Gasteiger partial charge in [0.05, 0.1) is 5.71 Å². The van der Waals surface area contributed by atoms with E-state index in [9.17, 15) is 0 Å². The van der Waals surface area contributed by atoms with Crippen molar-refractivity contribution in [2.24, 2.45) is 5.16 Å². The summed E-state index contributed by atoms with van der Waals surface area (Å²) in [7, 11) is 0. The number of hydrogen-bond acceptors (Lipinski definition) is 3. The summed E-state index contributed by atoms with van der Waals surface area (Å²) < 4.78 is 5.27. The van der Waals surface area contributed by atoms with Gasteiger partial charge in [0, 0.05) is 0 Å². The molecule has 0 aliphatic heterocycles. The SMILES string of the molecule is C/C(COc1ccccc1)=N/O. The van der Waals surface area contributed by atoms with E-state index in [-0.39, 0.29) is 0 Å². The van der Waals surface area contributed by atoms with Crippen LogP contribution in [-0.2, 0) is 0 Å². The second-order valence-corrected chi connectivity index (χ2v) is 2.44. The molecule has 1 aromatic rings. The molecule has 0 atom stereocenters. The van der Waals surface area contributed by atoms with Gasteiger partial charge in [0.2, 0.25) is 0 Å². The van der Waals surface area contributed by atoms with Gasteiger partial charge in [0.1, 0.15) is 12.4 Å². The lowest BCUT2D eigenvalue weighted by atomic mass is 10.3. The average Bonchev–Trinajstić information content (AvgIpc) is 2.16. The summed E-state index contributed by atoms with van der Waals surface area (Å²) in [6.45, 7) is 2.02. The predicted octanol–water partition coefficient (Wildman–Crippen LogP) is 1.92. The second kappa shape index (κ2) is 4.38. The molecule has 3 heteroatoms. The predicted molar refractivity (Wildman–Crippen MR) is 46.8 cm³/mol. The van der Waals surface area contributed by atoms with E-state index in [1.807, 2.05) is 30.3 Å². The molecule has 0 fully saturated rings. The van der Waals surface area contributed by atoms with Crippen LogP contribution >= 0.6 is 0 Å². The quantitative estimate of drug-likeness (QED) is 0.422. The molecule has 0 radical (unpaired) electrons. The van der Waals surface area contributed by atoms with Crippen LogP contribution < -0.4 is 4.74 Å². The Morgan fingerprint density at radius 2 is 2.08 bits per heavy atom. The van der Waals surface area contributed by atoms with Crippen molar-refractivity contribution in [2.45, 2.75) is 6.92 Å². The van der Waals surface area contributed by atoms with E-state index in [0.29, 0.717) is 12.3 Å². The summed E-state index contributed by atoms with van der Waals surface area (Å²) in [6.07, 6.45) is 0. The first-order valence-electron chi connectivity index (χ1n) is 3.68. The first kappa shape index (κ1) is 8.59. The fourth-order valence-electron chi connectivity index (χ4n) is 0.733. The molecule has 1 aromatic carbocycles. The highest BCUT2D eigenvalue weighted by Gasteiger charge is 1.93. The van der Waals surface area contributed by atoms with Gasteiger partial charge >= 0.3 is 0 Å². The standard InChI is InChI=1S/C9H11NO2/c1-8(10-11)7-12-9-5-3-2-4-6-9/h2-6,11H,7H2,1H3/b10-8-. The number of hydrogen-bond donors (Lipinski definition) is 1. The molecule has 0 aliphatic carbocycles. The Hall–Kier alpha value is -1.51. The van der Waals surface area contributed by atoms with E-state index < -0.39 is 0 Å². The van der Waals surface area contributed by atoms with E-state index in [2.05, 4.69) is 5.16 Å². The van der Waals surface area contributed by atoms with Crippen molar-refractivity contribution in [3.05, 3.63) is 30.3 Å². The van der Waals surface area contributed by atoms with Crippen LogP contribution in [0.3, 0.4) is 0 Å². The molecule has 1 N–H and O–H groups in total. The van der Waals surface area contributed by atoms with Gasteiger partial charge in [-0.15, -0.1) is 0 Å². The van der Waals surface area contributed by atoms with Gasteiger partial charge in [-0.2, -0.15) is 0 Å². The lowest BCUT2D eigenvalue weighted by Crippen LogP contribution is -2.06. The summed E-state index contributed by atoms with van der Waals surface area (Å²) in [5.74, 6) is 0.778. The summed E-state index contributed by atoms with van der Waals surface area (Å²) >= 11 is 0. The van der Waals surface area contributed by atoms with Crippen molar-refractivity contribution >= 4 is 5.71 Å². The number of nitrogens with zero attached hydrogens (tertiary/aromatic N) is 1. The Morgan fingerprint density at radius 3 is 2.67 bits per heavy atom. The molecule has 0 amide bonds. The van der Waals surface area contributed by atoms with Crippen LogP contribution in [-0.4, -0.2) is 17.5 Å². The largest absolute Gasteiger partial charge is 0.488 e. The first-order chi connectivity index (χ1) is 5.83. The Kier molecular flexibility index (Phi) is 3.14. The van der Waals surface area contributed by atoms with Crippen LogP contribution in [0.5, 0.6) is 5.75 Å². The van der Waals surface area contributed by atoms with Crippen molar-refractivity contribution in [1.82, 2.24) is 0 Å². The molecule has 0 saturated heterocycles. The Morgan fingerprint density at radius 1 is 1.42 bits per heavy atom. The first-order valence-corrected chi connectivity index (χ1v) is 3.68. The van der Waals surface area contributed by atoms with Gasteiger partial charge in [-0.25, -0.2) is 0 Å². The van der Waals surface area contributed by atoms with E-state index in [4.69, 9.17) is 9.94 Å². The van der Waals surface area contributed by atoms with Crippen molar-refractivity contribution < 1.29 is 9.94 Å². The summed E-state index contributed by atoms with van der Waals surface area (Å²) in [4.78, 5) is 0. The number of rotatable bonds is 3. The van der Waals surface area contributed by atoms with Gasteiger partial charge in [0.25, 0.3) is 0 Å². The second-order valence-electron chi connectivity index (χ2n) is 2.44. The molecule has 0 saturated carbocycles. The van der Waals surface area contributed by atoms with Gasteiger partial charge in [-0.3, -0.25) is 0 Å². The minimum Gasteiger partial charge on any atom is -0.488 e. The van der Waals surface area contributed by atoms with Crippen LogP contribution in [0.1, 0.15) is 6.92 Å². The number of benzene rings is 1.